The lowest BCUT2D eigenvalue weighted by Gasteiger charge is -2.30. The van der Waals surface area contributed by atoms with Crippen molar-refractivity contribution in [1.29, 1.82) is 0 Å². The Balaban J connectivity index is 0.00000361. The number of nitrogens with two attached hydrogens (primary N) is 1. The Hall–Kier alpha value is -3.19. The van der Waals surface area contributed by atoms with Crippen molar-refractivity contribution in [2.45, 2.75) is 38.1 Å². The Kier molecular flexibility index (Phi) is 7.94. The van der Waals surface area contributed by atoms with E-state index in [2.05, 4.69) is 9.97 Å². The molecule has 3 aromatic rings. The summed E-state index contributed by atoms with van der Waals surface area (Å²) in [6.07, 6.45) is -4.27. The number of carbonyl (C=O) groups excluding carboxylic acids is 1. The Morgan fingerprint density at radius 1 is 1.06 bits per heavy atom. The fourth-order valence-electron chi connectivity index (χ4n) is 4.01. The number of rotatable bonds is 5. The van der Waals surface area contributed by atoms with Crippen LogP contribution in [-0.2, 0) is 30.5 Å². The molecule has 2 aromatic heterocycles. The molecule has 0 aliphatic carbocycles. The van der Waals surface area contributed by atoms with E-state index in [1.54, 1.807) is 0 Å². The van der Waals surface area contributed by atoms with Crippen molar-refractivity contribution in [3.05, 3.63) is 70.9 Å². The molecule has 0 saturated heterocycles. The minimum atomic E-state index is -4.78. The van der Waals surface area contributed by atoms with Gasteiger partial charge in [0.1, 0.15) is 5.82 Å². The van der Waals surface area contributed by atoms with Gasteiger partial charge in [0.15, 0.2) is 11.6 Å². The van der Waals surface area contributed by atoms with Gasteiger partial charge in [-0.1, -0.05) is 0 Å². The van der Waals surface area contributed by atoms with Gasteiger partial charge in [-0.15, -0.1) is 12.4 Å². The Labute approximate surface area is 206 Å². The van der Waals surface area contributed by atoms with Gasteiger partial charge in [-0.25, -0.2) is 23.1 Å². The molecule has 1 aliphatic rings. The molecule has 14 heteroatoms. The zero-order chi connectivity index (χ0) is 25.5. The van der Waals surface area contributed by atoms with Gasteiger partial charge >= 0.3 is 6.18 Å². The van der Waals surface area contributed by atoms with Gasteiger partial charge in [0, 0.05) is 49.4 Å². The molecular weight excluding hydrogens is 519 g/mol. The number of imidazole rings is 1. The van der Waals surface area contributed by atoms with Gasteiger partial charge < -0.3 is 15.2 Å². The third-order valence-electron chi connectivity index (χ3n) is 5.62. The third-order valence-corrected chi connectivity index (χ3v) is 5.62. The largest absolute Gasteiger partial charge is 0.449 e. The molecule has 0 spiro atoms. The van der Waals surface area contributed by atoms with Crippen LogP contribution >= 0.6 is 12.4 Å². The zero-order valence-electron chi connectivity index (χ0n) is 18.3. The summed E-state index contributed by atoms with van der Waals surface area (Å²) in [6.45, 7) is -0.557. The minimum Gasteiger partial charge on any atom is -0.335 e. The number of halogens is 8. The molecule has 0 fully saturated rings. The predicted octanol–water partition coefficient (Wildman–Crippen LogP) is 4.24. The molecule has 6 nitrogen and oxygen atoms in total. The van der Waals surface area contributed by atoms with Crippen molar-refractivity contribution in [2.24, 2.45) is 5.73 Å². The van der Waals surface area contributed by atoms with Crippen LogP contribution < -0.4 is 5.73 Å². The number of pyridine rings is 1. The lowest BCUT2D eigenvalue weighted by atomic mass is 10.0. The maximum atomic E-state index is 13.9. The first-order valence-electron chi connectivity index (χ1n) is 10.4. The van der Waals surface area contributed by atoms with Gasteiger partial charge in [0.05, 0.1) is 17.9 Å². The van der Waals surface area contributed by atoms with Gasteiger partial charge in [-0.2, -0.15) is 17.6 Å². The van der Waals surface area contributed by atoms with Crippen molar-refractivity contribution in [1.82, 2.24) is 19.4 Å². The van der Waals surface area contributed by atoms with Crippen LogP contribution in [0.2, 0.25) is 0 Å². The van der Waals surface area contributed by atoms with E-state index in [4.69, 9.17) is 5.73 Å². The van der Waals surface area contributed by atoms with E-state index in [0.29, 0.717) is 12.1 Å². The first kappa shape index (κ1) is 27.4. The van der Waals surface area contributed by atoms with Gasteiger partial charge in [0.25, 0.3) is 0 Å². The lowest BCUT2D eigenvalue weighted by molar-refractivity contribution is -0.148. The maximum Gasteiger partial charge on any atom is 0.449 e. The van der Waals surface area contributed by atoms with Crippen molar-refractivity contribution in [2.75, 3.05) is 6.54 Å². The number of carbonyl (C=O) groups is 1. The minimum absolute atomic E-state index is 0. The Morgan fingerprint density at radius 2 is 1.75 bits per heavy atom. The van der Waals surface area contributed by atoms with Crippen LogP contribution in [0.5, 0.6) is 0 Å². The highest BCUT2D eigenvalue weighted by Crippen LogP contribution is 2.36. The quantitative estimate of drug-likeness (QED) is 0.300. The second kappa shape index (κ2) is 10.4. The molecule has 4 rings (SSSR count). The fraction of sp³-hybridized carbons (Fsp3) is 0.318. The maximum absolute atomic E-state index is 13.9. The second-order valence-corrected chi connectivity index (χ2v) is 8.09. The molecule has 3 heterocycles. The standard InChI is InChI=1S/C22H18F7N5O.ClH/c23-14-9-16(25)15(24)6-12(14)5-13(30)8-19(35)33-3-4-34-17(10-33)20(32-21(34)22(27,28)29)11-1-2-31-18(26)7-11;/h1-2,6-7,9,13H,3-5,8,10,30H2;1H/t13-;/m1./s1. The number of aromatic nitrogens is 3. The van der Waals surface area contributed by atoms with Crippen molar-refractivity contribution < 1.29 is 35.5 Å². The molecule has 0 unspecified atom stereocenters. The van der Waals surface area contributed by atoms with E-state index in [1.165, 1.54) is 11.0 Å². The molecule has 1 aromatic carbocycles. The number of hydrogen-bond acceptors (Lipinski definition) is 4. The zero-order valence-corrected chi connectivity index (χ0v) is 19.1. The SMILES string of the molecule is Cl.N[C@@H](CC(=O)N1CCn2c(C(F)(F)F)nc(-c3ccnc(F)c3)c2C1)Cc1cc(F)c(F)cc1F. The molecule has 2 N–H and O–H groups in total. The molecule has 0 saturated carbocycles. The summed E-state index contributed by atoms with van der Waals surface area (Å²) in [5.41, 5.74) is 5.70. The summed E-state index contributed by atoms with van der Waals surface area (Å²) < 4.78 is 95.6. The number of benzene rings is 1. The number of alkyl halides is 3. The smallest absolute Gasteiger partial charge is 0.335 e. The topological polar surface area (TPSA) is 77.0 Å². The molecule has 0 radical (unpaired) electrons. The van der Waals surface area contributed by atoms with E-state index < -0.39 is 47.3 Å². The first-order valence-corrected chi connectivity index (χ1v) is 10.4. The summed E-state index contributed by atoms with van der Waals surface area (Å²) >= 11 is 0. The molecule has 194 valence electrons. The van der Waals surface area contributed by atoms with Crippen LogP contribution in [0.15, 0.2) is 30.5 Å². The highest BCUT2D eigenvalue weighted by atomic mass is 35.5. The number of hydrogen-bond donors (Lipinski definition) is 1. The first-order chi connectivity index (χ1) is 16.4. The van der Waals surface area contributed by atoms with Crippen molar-refractivity contribution >= 4 is 18.3 Å². The van der Waals surface area contributed by atoms with Gasteiger partial charge in [0.2, 0.25) is 17.7 Å². The predicted molar refractivity (Wildman–Crippen MR) is 116 cm³/mol. The van der Waals surface area contributed by atoms with Gasteiger partial charge in [-0.05, 0) is 24.1 Å². The Morgan fingerprint density at radius 3 is 2.42 bits per heavy atom. The molecule has 36 heavy (non-hydrogen) atoms. The van der Waals surface area contributed by atoms with Gasteiger partial charge in [-0.3, -0.25) is 4.79 Å². The van der Waals surface area contributed by atoms with Crippen LogP contribution in [0.25, 0.3) is 11.3 Å². The molecule has 1 aliphatic heterocycles. The van der Waals surface area contributed by atoms with Crippen LogP contribution in [0.3, 0.4) is 0 Å². The Bertz CT molecular complexity index is 1280. The van der Waals surface area contributed by atoms with Crippen molar-refractivity contribution in [3.8, 4) is 11.3 Å². The number of amides is 1. The highest BCUT2D eigenvalue weighted by molar-refractivity contribution is 5.85. The highest BCUT2D eigenvalue weighted by Gasteiger charge is 2.41. The van der Waals surface area contributed by atoms with Crippen LogP contribution in [0.4, 0.5) is 30.7 Å². The molecular formula is C22H19ClF7N5O. The molecule has 1 amide bonds. The van der Waals surface area contributed by atoms with Crippen LogP contribution in [-0.4, -0.2) is 37.9 Å². The van der Waals surface area contributed by atoms with E-state index in [9.17, 15) is 35.5 Å². The second-order valence-electron chi connectivity index (χ2n) is 8.09. The van der Waals surface area contributed by atoms with E-state index in [0.717, 1.165) is 16.8 Å². The number of fused-ring (bicyclic) bond motifs is 1. The van der Waals surface area contributed by atoms with Crippen LogP contribution in [0.1, 0.15) is 23.5 Å². The third kappa shape index (κ3) is 5.62. The average molecular weight is 538 g/mol. The van der Waals surface area contributed by atoms with E-state index in [1.807, 2.05) is 0 Å². The average Bonchev–Trinajstić information content (AvgIpc) is 3.17. The number of nitrogens with zero attached hydrogens (tertiary/aromatic N) is 4. The lowest BCUT2D eigenvalue weighted by Crippen LogP contribution is -2.42. The monoisotopic (exact) mass is 537 g/mol. The fourth-order valence-corrected chi connectivity index (χ4v) is 4.01. The summed E-state index contributed by atoms with van der Waals surface area (Å²) in [4.78, 5) is 21.1. The summed E-state index contributed by atoms with van der Waals surface area (Å²) in [6, 6.07) is 2.32. The van der Waals surface area contributed by atoms with Crippen LogP contribution in [0, 0.1) is 23.4 Å². The summed E-state index contributed by atoms with van der Waals surface area (Å²) in [5.74, 6) is -6.24. The molecule has 0 bridgehead atoms. The van der Waals surface area contributed by atoms with E-state index >= 15 is 0 Å². The summed E-state index contributed by atoms with van der Waals surface area (Å²) in [7, 11) is 0. The van der Waals surface area contributed by atoms with E-state index in [-0.39, 0.29) is 67.4 Å². The molecule has 1 atom stereocenters. The normalized spacial score (nSPS) is 14.3. The van der Waals surface area contributed by atoms with Crippen molar-refractivity contribution in [3.63, 3.8) is 0 Å². The summed E-state index contributed by atoms with van der Waals surface area (Å²) in [5, 5.41) is 0.